The van der Waals surface area contributed by atoms with Crippen molar-refractivity contribution in [2.24, 2.45) is 0 Å². The molecule has 4 heterocycles. The third-order valence-electron chi connectivity index (χ3n) is 5.82. The van der Waals surface area contributed by atoms with Crippen molar-refractivity contribution in [1.29, 1.82) is 0 Å². The van der Waals surface area contributed by atoms with E-state index in [1.165, 1.54) is 0 Å². The van der Waals surface area contributed by atoms with Crippen LogP contribution in [0.5, 0.6) is 17.2 Å². The van der Waals surface area contributed by atoms with Gasteiger partial charge in [-0.15, -0.1) is 0 Å². The van der Waals surface area contributed by atoms with E-state index in [1.54, 1.807) is 36.1 Å². The van der Waals surface area contributed by atoms with Crippen LogP contribution in [0, 0.1) is 0 Å². The van der Waals surface area contributed by atoms with Gasteiger partial charge in [0.05, 0.1) is 5.69 Å². The van der Waals surface area contributed by atoms with Crippen LogP contribution < -0.4 is 14.2 Å². The number of fused-ring (bicyclic) bond motifs is 2. The van der Waals surface area contributed by atoms with E-state index in [4.69, 9.17) is 14.2 Å². The molecule has 0 spiro atoms. The van der Waals surface area contributed by atoms with Gasteiger partial charge in [-0.1, -0.05) is 6.92 Å². The van der Waals surface area contributed by atoms with Crippen molar-refractivity contribution in [3.8, 4) is 17.2 Å². The van der Waals surface area contributed by atoms with Crippen molar-refractivity contribution in [3.63, 3.8) is 0 Å². The van der Waals surface area contributed by atoms with Gasteiger partial charge in [0.15, 0.2) is 23.8 Å². The van der Waals surface area contributed by atoms with E-state index in [0.717, 1.165) is 10.6 Å². The van der Waals surface area contributed by atoms with Crippen LogP contribution in [0.1, 0.15) is 36.3 Å². The maximum atomic E-state index is 13.5. The molecule has 1 amide bonds. The van der Waals surface area contributed by atoms with Crippen LogP contribution in [0.15, 0.2) is 30.3 Å². The highest BCUT2D eigenvalue weighted by Gasteiger charge is 2.36. The molecule has 3 aromatic rings. The van der Waals surface area contributed by atoms with Crippen LogP contribution in [0.3, 0.4) is 0 Å². The molecule has 2 aliphatic heterocycles. The summed E-state index contributed by atoms with van der Waals surface area (Å²) in [5.74, 6) is 1.29. The SMILES string of the molecule is CCc1cc(C(F)(F)F)n2nc(C3CCN(C(=O)COc4ccc5c(c4)OCO5)C3)cc2n1. The van der Waals surface area contributed by atoms with E-state index in [2.05, 4.69) is 10.1 Å². The van der Waals surface area contributed by atoms with Crippen LogP contribution in [-0.2, 0) is 17.4 Å². The molecule has 0 N–H and O–H groups in total. The number of benzene rings is 1. The summed E-state index contributed by atoms with van der Waals surface area (Å²) in [6.07, 6.45) is -3.56. The largest absolute Gasteiger partial charge is 0.484 e. The molecule has 1 fully saturated rings. The molecule has 11 heteroatoms. The fourth-order valence-electron chi connectivity index (χ4n) is 4.06. The summed E-state index contributed by atoms with van der Waals surface area (Å²) >= 11 is 0. The molecule has 2 aliphatic rings. The topological polar surface area (TPSA) is 78.2 Å². The average molecular weight is 462 g/mol. The summed E-state index contributed by atoms with van der Waals surface area (Å²) in [5.41, 5.74) is 0.157. The van der Waals surface area contributed by atoms with Crippen molar-refractivity contribution in [1.82, 2.24) is 19.5 Å². The van der Waals surface area contributed by atoms with Gasteiger partial charge in [0.1, 0.15) is 11.4 Å². The number of hydrogen-bond acceptors (Lipinski definition) is 6. The number of aryl methyl sites for hydroxylation is 1. The Morgan fingerprint density at radius 2 is 2.03 bits per heavy atom. The highest BCUT2D eigenvalue weighted by molar-refractivity contribution is 5.78. The molecule has 0 bridgehead atoms. The molecular formula is C22H21F3N4O4. The molecule has 0 aliphatic carbocycles. The molecule has 174 valence electrons. The Hall–Kier alpha value is -3.50. The van der Waals surface area contributed by atoms with Crippen molar-refractivity contribution in [3.05, 3.63) is 47.4 Å². The lowest BCUT2D eigenvalue weighted by Gasteiger charge is -2.16. The quantitative estimate of drug-likeness (QED) is 0.578. The monoisotopic (exact) mass is 462 g/mol. The minimum atomic E-state index is -4.54. The maximum Gasteiger partial charge on any atom is 0.433 e. The first kappa shape index (κ1) is 21.4. The first-order valence-corrected chi connectivity index (χ1v) is 10.6. The Morgan fingerprint density at radius 1 is 1.21 bits per heavy atom. The standard InChI is InChI=1S/C22H21F3N4O4/c1-2-14-7-19(22(23,24)25)29-20(26-14)9-16(27-29)13-5-6-28(10-13)21(30)11-31-15-3-4-17-18(8-15)33-12-32-17/h3-4,7-9,13H,2,5-6,10-12H2,1H3. The Labute approximate surface area is 186 Å². The molecular weight excluding hydrogens is 441 g/mol. The fraction of sp³-hybridized carbons (Fsp3) is 0.409. The van der Waals surface area contributed by atoms with Crippen LogP contribution in [0.25, 0.3) is 5.65 Å². The summed E-state index contributed by atoms with van der Waals surface area (Å²) in [4.78, 5) is 18.5. The minimum Gasteiger partial charge on any atom is -0.484 e. The van der Waals surface area contributed by atoms with Crippen LogP contribution >= 0.6 is 0 Å². The molecule has 5 rings (SSSR count). The van der Waals surface area contributed by atoms with E-state index < -0.39 is 11.9 Å². The van der Waals surface area contributed by atoms with E-state index >= 15 is 0 Å². The lowest BCUT2D eigenvalue weighted by molar-refractivity contribution is -0.142. The second-order valence-electron chi connectivity index (χ2n) is 7.95. The lowest BCUT2D eigenvalue weighted by Crippen LogP contribution is -2.32. The second kappa shape index (κ2) is 8.13. The Kier molecular flexibility index (Phi) is 5.26. The summed E-state index contributed by atoms with van der Waals surface area (Å²) < 4.78 is 57.5. The van der Waals surface area contributed by atoms with Gasteiger partial charge in [0, 0.05) is 36.8 Å². The molecule has 1 saturated heterocycles. The number of carbonyl (C=O) groups excluding carboxylic acids is 1. The number of alkyl halides is 3. The maximum absolute atomic E-state index is 13.5. The normalized spacial score (nSPS) is 17.7. The Morgan fingerprint density at radius 3 is 2.82 bits per heavy atom. The van der Waals surface area contributed by atoms with Crippen LogP contribution in [0.4, 0.5) is 13.2 Å². The van der Waals surface area contributed by atoms with E-state index in [-0.39, 0.29) is 30.9 Å². The summed E-state index contributed by atoms with van der Waals surface area (Å²) in [5, 5.41) is 4.20. The predicted molar refractivity (Wildman–Crippen MR) is 109 cm³/mol. The highest BCUT2D eigenvalue weighted by Crippen LogP contribution is 2.35. The molecule has 2 aromatic heterocycles. The number of rotatable bonds is 5. The van der Waals surface area contributed by atoms with Gasteiger partial charge in [-0.25, -0.2) is 9.50 Å². The van der Waals surface area contributed by atoms with Crippen molar-refractivity contribution < 1.29 is 32.2 Å². The number of likely N-dealkylation sites (tertiary alicyclic amines) is 1. The van der Waals surface area contributed by atoms with Gasteiger partial charge in [-0.05, 0) is 31.0 Å². The van der Waals surface area contributed by atoms with E-state index in [1.807, 2.05) is 0 Å². The van der Waals surface area contributed by atoms with Gasteiger partial charge in [-0.3, -0.25) is 4.79 Å². The van der Waals surface area contributed by atoms with Crippen molar-refractivity contribution >= 4 is 11.6 Å². The Balaban J connectivity index is 1.27. The van der Waals surface area contributed by atoms with Gasteiger partial charge < -0.3 is 19.1 Å². The van der Waals surface area contributed by atoms with Crippen molar-refractivity contribution in [2.75, 3.05) is 26.5 Å². The summed E-state index contributed by atoms with van der Waals surface area (Å²) in [7, 11) is 0. The first-order chi connectivity index (χ1) is 15.8. The number of amides is 1. The zero-order valence-electron chi connectivity index (χ0n) is 17.8. The lowest BCUT2D eigenvalue weighted by atomic mass is 10.1. The molecule has 0 radical (unpaired) electrons. The van der Waals surface area contributed by atoms with Gasteiger partial charge in [-0.2, -0.15) is 18.3 Å². The van der Waals surface area contributed by atoms with E-state index in [0.29, 0.717) is 54.6 Å². The van der Waals surface area contributed by atoms with E-state index in [9.17, 15) is 18.0 Å². The molecule has 1 atom stereocenters. The second-order valence-corrected chi connectivity index (χ2v) is 7.95. The third kappa shape index (κ3) is 4.14. The Bertz CT molecular complexity index is 1210. The summed E-state index contributed by atoms with van der Waals surface area (Å²) in [6, 6.07) is 7.68. The van der Waals surface area contributed by atoms with Gasteiger partial charge in [0.25, 0.3) is 5.91 Å². The average Bonchev–Trinajstić information content (AvgIpc) is 3.54. The number of hydrogen-bond donors (Lipinski definition) is 0. The molecule has 1 unspecified atom stereocenters. The number of carbonyl (C=O) groups is 1. The summed E-state index contributed by atoms with van der Waals surface area (Å²) in [6.45, 7) is 2.58. The molecule has 1 aromatic carbocycles. The molecule has 8 nitrogen and oxygen atoms in total. The molecule has 0 saturated carbocycles. The van der Waals surface area contributed by atoms with Crippen molar-refractivity contribution in [2.45, 2.75) is 31.9 Å². The zero-order chi connectivity index (χ0) is 23.2. The smallest absolute Gasteiger partial charge is 0.433 e. The number of nitrogens with zero attached hydrogens (tertiary/aromatic N) is 4. The van der Waals surface area contributed by atoms with Crippen LogP contribution in [0.2, 0.25) is 0 Å². The predicted octanol–water partition coefficient (Wildman–Crippen LogP) is 3.43. The number of aromatic nitrogens is 3. The van der Waals surface area contributed by atoms with Gasteiger partial charge in [0.2, 0.25) is 6.79 Å². The zero-order valence-corrected chi connectivity index (χ0v) is 17.8. The van der Waals surface area contributed by atoms with Gasteiger partial charge >= 0.3 is 6.18 Å². The van der Waals surface area contributed by atoms with Crippen LogP contribution in [-0.4, -0.2) is 51.9 Å². The first-order valence-electron chi connectivity index (χ1n) is 10.6. The number of ether oxygens (including phenoxy) is 3. The molecule has 33 heavy (non-hydrogen) atoms. The number of halogens is 3. The third-order valence-corrected chi connectivity index (χ3v) is 5.82. The minimum absolute atomic E-state index is 0.148. The highest BCUT2D eigenvalue weighted by atomic mass is 19.4. The fourth-order valence-corrected chi connectivity index (χ4v) is 4.06.